The van der Waals surface area contributed by atoms with Gasteiger partial charge in [-0.3, -0.25) is 14.5 Å². The van der Waals surface area contributed by atoms with Crippen LogP contribution in [0.5, 0.6) is 0 Å². The first-order valence-corrected chi connectivity index (χ1v) is 10.2. The van der Waals surface area contributed by atoms with Crippen molar-refractivity contribution in [2.45, 2.75) is 39.0 Å². The molecule has 0 spiro atoms. The fraction of sp³-hybridized carbons (Fsp3) is 0.304. The van der Waals surface area contributed by atoms with Gasteiger partial charge in [-0.05, 0) is 41.7 Å². The highest BCUT2D eigenvalue weighted by Crippen LogP contribution is 2.49. The number of anilines is 1. The molecule has 2 aromatic rings. The highest BCUT2D eigenvalue weighted by atomic mass is 35.5. The van der Waals surface area contributed by atoms with Crippen molar-refractivity contribution in [2.24, 2.45) is 5.41 Å². The van der Waals surface area contributed by atoms with Crippen molar-refractivity contribution in [1.82, 2.24) is 0 Å². The first kappa shape index (κ1) is 20.1. The number of hydrogen-bond donors (Lipinski definition) is 0. The molecule has 0 N–H and O–H groups in total. The van der Waals surface area contributed by atoms with E-state index in [-0.39, 0.29) is 23.5 Å². The van der Waals surface area contributed by atoms with Crippen LogP contribution in [0.1, 0.15) is 44.6 Å². The second-order valence-corrected chi connectivity index (χ2v) is 9.25. The molecule has 29 heavy (non-hydrogen) atoms. The fourth-order valence-electron chi connectivity index (χ4n) is 4.38. The summed E-state index contributed by atoms with van der Waals surface area (Å²) in [6.07, 6.45) is 0.877. The summed E-state index contributed by atoms with van der Waals surface area (Å²) in [5, 5.41) is 0.791. The molecule has 1 unspecified atom stereocenters. The first-order chi connectivity index (χ1) is 13.7. The Labute approximate surface area is 179 Å². The van der Waals surface area contributed by atoms with Gasteiger partial charge < -0.3 is 0 Å². The quantitative estimate of drug-likeness (QED) is 0.559. The Bertz CT molecular complexity index is 1060. The summed E-state index contributed by atoms with van der Waals surface area (Å²) >= 11 is 12.4. The van der Waals surface area contributed by atoms with Crippen LogP contribution in [0.15, 0.2) is 53.7 Å². The molecule has 3 nitrogen and oxygen atoms in total. The predicted octanol–water partition coefficient (Wildman–Crippen LogP) is 6.30. The Hall–Kier alpha value is -2.17. The van der Waals surface area contributed by atoms with E-state index in [1.165, 1.54) is 11.0 Å². The fourth-order valence-corrected chi connectivity index (χ4v) is 4.87. The van der Waals surface area contributed by atoms with Crippen LogP contribution < -0.4 is 4.90 Å². The molecular formula is C23H20Cl2FNO2. The average molecular weight is 432 g/mol. The first-order valence-electron chi connectivity index (χ1n) is 9.46. The molecular weight excluding hydrogens is 412 g/mol. The van der Waals surface area contributed by atoms with Gasteiger partial charge >= 0.3 is 0 Å². The molecule has 2 aliphatic rings. The van der Waals surface area contributed by atoms with Crippen molar-refractivity contribution in [3.05, 3.63) is 75.2 Å². The number of hydrogen-bond acceptors (Lipinski definition) is 2. The smallest absolute Gasteiger partial charge is 0.232 e. The number of amides is 1. The zero-order valence-corrected chi connectivity index (χ0v) is 17.6. The van der Waals surface area contributed by atoms with E-state index in [2.05, 4.69) is 0 Å². The minimum absolute atomic E-state index is 0.00485. The van der Waals surface area contributed by atoms with Gasteiger partial charge in [-0.2, -0.15) is 0 Å². The average Bonchev–Trinajstić information content (AvgIpc) is 2.61. The summed E-state index contributed by atoms with van der Waals surface area (Å²) in [6.45, 7) is 3.99. The standard InChI is InChI=1S/C23H20Cl2FNO2/c1-23(2)11-19-22(20(28)12-23)15(14-5-3-4-6-17(14)26)10-21(29)27(19)18-8-7-13(24)9-16(18)25/h3-9,15H,10-12H2,1-2H3. The van der Waals surface area contributed by atoms with Crippen LogP contribution in [-0.4, -0.2) is 11.7 Å². The number of ketones is 1. The maximum Gasteiger partial charge on any atom is 0.232 e. The van der Waals surface area contributed by atoms with Gasteiger partial charge in [0, 0.05) is 35.1 Å². The molecule has 1 aliphatic carbocycles. The lowest BCUT2D eigenvalue weighted by Gasteiger charge is -2.43. The third kappa shape index (κ3) is 3.60. The lowest BCUT2D eigenvalue weighted by molar-refractivity contribution is -0.121. The van der Waals surface area contributed by atoms with Crippen LogP contribution in [-0.2, 0) is 9.59 Å². The normalized spacial score (nSPS) is 21.4. The van der Waals surface area contributed by atoms with Crippen molar-refractivity contribution in [1.29, 1.82) is 0 Å². The molecule has 4 rings (SSSR count). The van der Waals surface area contributed by atoms with Crippen LogP contribution in [0.25, 0.3) is 0 Å². The maximum absolute atomic E-state index is 14.6. The Morgan fingerprint density at radius 3 is 2.48 bits per heavy atom. The molecule has 0 saturated carbocycles. The Morgan fingerprint density at radius 2 is 1.79 bits per heavy atom. The minimum Gasteiger partial charge on any atom is -0.294 e. The van der Waals surface area contributed by atoms with Crippen LogP contribution in [0, 0.1) is 11.2 Å². The van der Waals surface area contributed by atoms with E-state index in [0.29, 0.717) is 45.4 Å². The highest BCUT2D eigenvalue weighted by Gasteiger charge is 2.45. The van der Waals surface area contributed by atoms with E-state index in [0.717, 1.165) is 0 Å². The topological polar surface area (TPSA) is 37.4 Å². The Morgan fingerprint density at radius 1 is 1.07 bits per heavy atom. The summed E-state index contributed by atoms with van der Waals surface area (Å²) in [6, 6.07) is 11.3. The van der Waals surface area contributed by atoms with Crippen LogP contribution in [0.4, 0.5) is 10.1 Å². The van der Waals surface area contributed by atoms with Crippen molar-refractivity contribution >= 4 is 40.6 Å². The van der Waals surface area contributed by atoms with E-state index < -0.39 is 11.7 Å². The summed E-state index contributed by atoms with van der Waals surface area (Å²) in [5.74, 6) is -1.27. The summed E-state index contributed by atoms with van der Waals surface area (Å²) < 4.78 is 14.6. The molecule has 0 radical (unpaired) electrons. The summed E-state index contributed by atoms with van der Waals surface area (Å²) in [5.41, 5.74) is 1.68. The van der Waals surface area contributed by atoms with Crippen LogP contribution in [0.2, 0.25) is 10.0 Å². The second-order valence-electron chi connectivity index (χ2n) is 8.40. The SMILES string of the molecule is CC1(C)CC(=O)C2=C(C1)N(c1ccc(Cl)cc1Cl)C(=O)CC2c1ccccc1F. The number of carbonyl (C=O) groups is 2. The Balaban J connectivity index is 1.94. The molecule has 6 heteroatoms. The van der Waals surface area contributed by atoms with E-state index in [9.17, 15) is 14.0 Å². The monoisotopic (exact) mass is 431 g/mol. The molecule has 2 aromatic carbocycles. The van der Waals surface area contributed by atoms with E-state index >= 15 is 0 Å². The number of benzene rings is 2. The van der Waals surface area contributed by atoms with Crippen molar-refractivity contribution in [3.8, 4) is 0 Å². The number of nitrogens with zero attached hydrogens (tertiary/aromatic N) is 1. The number of carbonyl (C=O) groups excluding carboxylic acids is 2. The number of rotatable bonds is 2. The van der Waals surface area contributed by atoms with Gasteiger partial charge in [0.05, 0.1) is 10.7 Å². The zero-order chi connectivity index (χ0) is 20.9. The largest absolute Gasteiger partial charge is 0.294 e. The van der Waals surface area contributed by atoms with Crippen molar-refractivity contribution in [2.75, 3.05) is 4.90 Å². The third-order valence-corrected chi connectivity index (χ3v) is 6.11. The van der Waals surface area contributed by atoms with E-state index in [4.69, 9.17) is 23.2 Å². The molecule has 0 saturated heterocycles. The zero-order valence-electron chi connectivity index (χ0n) is 16.1. The van der Waals surface area contributed by atoms with Gasteiger partial charge in [0.2, 0.25) is 5.91 Å². The molecule has 1 atom stereocenters. The van der Waals surface area contributed by atoms with Crippen molar-refractivity contribution in [3.63, 3.8) is 0 Å². The lowest BCUT2D eigenvalue weighted by Crippen LogP contribution is -2.44. The van der Waals surface area contributed by atoms with Gasteiger partial charge in [0.15, 0.2) is 5.78 Å². The molecule has 0 aromatic heterocycles. The number of halogens is 3. The molecule has 0 bridgehead atoms. The van der Waals surface area contributed by atoms with Gasteiger partial charge in [-0.1, -0.05) is 55.2 Å². The molecule has 1 amide bonds. The van der Waals surface area contributed by atoms with E-state index in [1.54, 1.807) is 36.4 Å². The summed E-state index contributed by atoms with van der Waals surface area (Å²) in [7, 11) is 0. The lowest BCUT2D eigenvalue weighted by atomic mass is 9.69. The van der Waals surface area contributed by atoms with Crippen LogP contribution >= 0.6 is 23.2 Å². The van der Waals surface area contributed by atoms with Gasteiger partial charge in [0.25, 0.3) is 0 Å². The Kier molecular flexibility index (Phi) is 5.04. The van der Waals surface area contributed by atoms with Crippen molar-refractivity contribution < 1.29 is 14.0 Å². The van der Waals surface area contributed by atoms with Gasteiger partial charge in [0.1, 0.15) is 5.82 Å². The second kappa shape index (κ2) is 7.26. The van der Waals surface area contributed by atoms with Gasteiger partial charge in [-0.25, -0.2) is 4.39 Å². The minimum atomic E-state index is -0.593. The predicted molar refractivity (Wildman–Crippen MR) is 113 cm³/mol. The number of allylic oxidation sites excluding steroid dienone is 2. The maximum atomic E-state index is 14.6. The highest BCUT2D eigenvalue weighted by molar-refractivity contribution is 6.37. The molecule has 1 heterocycles. The van der Waals surface area contributed by atoms with Gasteiger partial charge in [-0.15, -0.1) is 0 Å². The summed E-state index contributed by atoms with van der Waals surface area (Å²) in [4.78, 5) is 28.0. The number of Topliss-reactive ketones (excluding diaryl/α,β-unsaturated/α-hetero) is 1. The molecule has 150 valence electrons. The van der Waals surface area contributed by atoms with Crippen LogP contribution in [0.3, 0.4) is 0 Å². The molecule has 0 fully saturated rings. The molecule has 1 aliphatic heterocycles. The van der Waals surface area contributed by atoms with E-state index in [1.807, 2.05) is 13.8 Å². The third-order valence-electron chi connectivity index (χ3n) is 5.57.